The average molecular weight is 394 g/mol. The number of benzene rings is 2. The van der Waals surface area contributed by atoms with Crippen LogP contribution in [0.2, 0.25) is 0 Å². The van der Waals surface area contributed by atoms with Gasteiger partial charge in [-0.3, -0.25) is 0 Å². The van der Waals surface area contributed by atoms with Crippen molar-refractivity contribution in [3.8, 4) is 5.75 Å². The topological polar surface area (TPSA) is 43.4 Å². The zero-order chi connectivity index (χ0) is 15.6. The molecule has 21 heavy (non-hydrogen) atoms. The lowest BCUT2D eigenvalue weighted by Gasteiger charge is -2.11. The highest BCUT2D eigenvalue weighted by molar-refractivity contribution is 9.10. The van der Waals surface area contributed by atoms with Crippen LogP contribution in [0.3, 0.4) is 0 Å². The number of hydrogen-bond acceptors (Lipinski definition) is 3. The number of halogens is 3. The van der Waals surface area contributed by atoms with Crippen LogP contribution in [0.4, 0.5) is 4.39 Å². The van der Waals surface area contributed by atoms with Gasteiger partial charge in [-0.25, -0.2) is 12.8 Å². The van der Waals surface area contributed by atoms with Gasteiger partial charge >= 0.3 is 0 Å². The average Bonchev–Trinajstić information content (AvgIpc) is 2.40. The van der Waals surface area contributed by atoms with Gasteiger partial charge in [-0.15, -0.1) is 0 Å². The third kappa shape index (κ3) is 3.96. The predicted molar refractivity (Wildman–Crippen MR) is 82.6 cm³/mol. The summed E-state index contributed by atoms with van der Waals surface area (Å²) in [7, 11) is 1.48. The van der Waals surface area contributed by atoms with E-state index in [1.54, 1.807) is 25.1 Å². The van der Waals surface area contributed by atoms with Crippen LogP contribution in [0.25, 0.3) is 0 Å². The molecule has 0 amide bonds. The van der Waals surface area contributed by atoms with E-state index in [9.17, 15) is 12.8 Å². The quantitative estimate of drug-likeness (QED) is 0.723. The summed E-state index contributed by atoms with van der Waals surface area (Å²) in [5.74, 6) is -0.281. The fourth-order valence-corrected chi connectivity index (χ4v) is 3.17. The van der Waals surface area contributed by atoms with Crippen molar-refractivity contribution in [3.05, 3.63) is 57.8 Å². The Morgan fingerprint density at radius 3 is 2.67 bits per heavy atom. The van der Waals surface area contributed by atoms with E-state index >= 15 is 0 Å². The Morgan fingerprint density at radius 1 is 1.29 bits per heavy atom. The Bertz CT molecular complexity index is 778. The molecule has 0 radical (unpaired) electrons. The van der Waals surface area contributed by atoms with Gasteiger partial charge in [0, 0.05) is 16.2 Å². The maximum atomic E-state index is 13.4. The zero-order valence-electron chi connectivity index (χ0n) is 10.9. The monoisotopic (exact) mass is 392 g/mol. The first-order valence-corrected chi connectivity index (χ1v) is 9.00. The fourth-order valence-electron chi connectivity index (χ4n) is 1.74. The van der Waals surface area contributed by atoms with Crippen molar-refractivity contribution in [2.24, 2.45) is 0 Å². The molecule has 0 atom stereocenters. The summed E-state index contributed by atoms with van der Waals surface area (Å²) in [5.41, 5.74) is 1.31. The van der Waals surface area contributed by atoms with E-state index in [1.165, 1.54) is 18.2 Å². The first kappa shape index (κ1) is 16.3. The Labute approximate surface area is 135 Å². The van der Waals surface area contributed by atoms with Crippen LogP contribution in [0.15, 0.2) is 45.8 Å². The van der Waals surface area contributed by atoms with E-state index in [1.807, 2.05) is 0 Å². The molecule has 0 fully saturated rings. The molecule has 2 rings (SSSR count). The van der Waals surface area contributed by atoms with Gasteiger partial charge in [0.1, 0.15) is 23.1 Å². The smallest absolute Gasteiger partial charge is 0.264 e. The molecule has 0 unspecified atom stereocenters. The van der Waals surface area contributed by atoms with Crippen molar-refractivity contribution in [2.45, 2.75) is 18.4 Å². The second kappa shape index (κ2) is 6.34. The van der Waals surface area contributed by atoms with Crippen molar-refractivity contribution in [1.82, 2.24) is 0 Å². The van der Waals surface area contributed by atoms with Crippen LogP contribution in [0, 0.1) is 12.7 Å². The van der Waals surface area contributed by atoms with Gasteiger partial charge in [0.25, 0.3) is 9.05 Å². The predicted octanol–water partition coefficient (Wildman–Crippen LogP) is 4.40. The van der Waals surface area contributed by atoms with Crippen LogP contribution in [0.5, 0.6) is 5.75 Å². The molecule has 0 aromatic heterocycles. The minimum atomic E-state index is -3.92. The highest BCUT2D eigenvalue weighted by Gasteiger charge is 2.17. The Morgan fingerprint density at radius 2 is 2.00 bits per heavy atom. The zero-order valence-corrected chi connectivity index (χ0v) is 14.1. The van der Waals surface area contributed by atoms with Gasteiger partial charge < -0.3 is 4.74 Å². The van der Waals surface area contributed by atoms with E-state index in [0.29, 0.717) is 5.56 Å². The second-order valence-corrected chi connectivity index (χ2v) is 7.72. The normalized spacial score (nSPS) is 11.4. The minimum absolute atomic E-state index is 0.0147. The number of rotatable bonds is 4. The molecular formula is C14H11BrClFO3S. The van der Waals surface area contributed by atoms with Gasteiger partial charge in [-0.1, -0.05) is 18.2 Å². The molecule has 3 nitrogen and oxygen atoms in total. The molecule has 0 spiro atoms. The fraction of sp³-hybridized carbons (Fsp3) is 0.143. The summed E-state index contributed by atoms with van der Waals surface area (Å²) >= 11 is 3.12. The second-order valence-electron chi connectivity index (χ2n) is 4.39. The summed E-state index contributed by atoms with van der Waals surface area (Å²) in [5, 5.41) is 0. The SMILES string of the molecule is Cc1ccc(OCc2cccc(F)c2Br)c(S(=O)(=O)Cl)c1. The molecule has 0 saturated heterocycles. The van der Waals surface area contributed by atoms with Crippen molar-refractivity contribution in [2.75, 3.05) is 0 Å². The van der Waals surface area contributed by atoms with Crippen LogP contribution >= 0.6 is 26.6 Å². The van der Waals surface area contributed by atoms with Crippen molar-refractivity contribution >= 4 is 35.7 Å². The molecule has 0 N–H and O–H groups in total. The van der Waals surface area contributed by atoms with Crippen molar-refractivity contribution in [1.29, 1.82) is 0 Å². The summed E-state index contributed by atoms with van der Waals surface area (Å²) in [6.45, 7) is 1.76. The van der Waals surface area contributed by atoms with Gasteiger partial charge in [-0.2, -0.15) is 0 Å². The molecule has 0 bridgehead atoms. The van der Waals surface area contributed by atoms with Crippen LogP contribution in [-0.2, 0) is 15.7 Å². The molecule has 2 aromatic carbocycles. The molecule has 2 aromatic rings. The molecule has 0 aliphatic heterocycles. The van der Waals surface area contributed by atoms with Crippen LogP contribution < -0.4 is 4.74 Å². The molecular weight excluding hydrogens is 383 g/mol. The maximum absolute atomic E-state index is 13.4. The lowest BCUT2D eigenvalue weighted by Crippen LogP contribution is -2.02. The van der Waals surface area contributed by atoms with E-state index in [-0.39, 0.29) is 21.7 Å². The number of hydrogen-bond donors (Lipinski definition) is 0. The van der Waals surface area contributed by atoms with E-state index in [4.69, 9.17) is 15.4 Å². The van der Waals surface area contributed by atoms with E-state index in [2.05, 4.69) is 15.9 Å². The van der Waals surface area contributed by atoms with Gasteiger partial charge in [-0.05, 0) is 46.6 Å². The highest BCUT2D eigenvalue weighted by Crippen LogP contribution is 2.29. The third-order valence-corrected chi connectivity index (χ3v) is 5.01. The Hall–Kier alpha value is -1.11. The summed E-state index contributed by atoms with van der Waals surface area (Å²) in [4.78, 5) is -0.100. The Kier molecular flexibility index (Phi) is 4.91. The summed E-state index contributed by atoms with van der Waals surface area (Å²) in [6, 6.07) is 9.20. The molecule has 0 aliphatic carbocycles. The maximum Gasteiger partial charge on any atom is 0.264 e. The first-order chi connectivity index (χ1) is 9.79. The lowest BCUT2D eigenvalue weighted by atomic mass is 10.2. The molecule has 0 heterocycles. The van der Waals surface area contributed by atoms with Gasteiger partial charge in [0.2, 0.25) is 0 Å². The molecule has 0 saturated carbocycles. The van der Waals surface area contributed by atoms with Gasteiger partial charge in [0.15, 0.2) is 0 Å². The summed E-state index contributed by atoms with van der Waals surface area (Å²) in [6.07, 6.45) is 0. The molecule has 112 valence electrons. The van der Waals surface area contributed by atoms with Gasteiger partial charge in [0.05, 0.1) is 4.47 Å². The molecule has 7 heteroatoms. The third-order valence-electron chi connectivity index (χ3n) is 2.78. The standard InChI is InChI=1S/C14H11BrClFO3S/c1-9-5-6-12(13(7-9)21(16,18)19)20-8-10-3-2-4-11(17)14(10)15/h2-7H,8H2,1H3. The highest BCUT2D eigenvalue weighted by atomic mass is 79.9. The van der Waals surface area contributed by atoms with Crippen molar-refractivity contribution < 1.29 is 17.5 Å². The first-order valence-electron chi connectivity index (χ1n) is 5.90. The van der Waals surface area contributed by atoms with E-state index < -0.39 is 14.9 Å². The lowest BCUT2D eigenvalue weighted by molar-refractivity contribution is 0.296. The number of ether oxygens (including phenoxy) is 1. The summed E-state index contributed by atoms with van der Waals surface area (Å²) < 4.78 is 42.3. The van der Waals surface area contributed by atoms with Crippen LogP contribution in [-0.4, -0.2) is 8.42 Å². The number of aryl methyl sites for hydroxylation is 1. The van der Waals surface area contributed by atoms with E-state index in [0.717, 1.165) is 5.56 Å². The minimum Gasteiger partial charge on any atom is -0.487 e. The Balaban J connectivity index is 2.31. The van der Waals surface area contributed by atoms with Crippen LogP contribution in [0.1, 0.15) is 11.1 Å². The largest absolute Gasteiger partial charge is 0.487 e. The molecule has 0 aliphatic rings. The van der Waals surface area contributed by atoms with Crippen molar-refractivity contribution in [3.63, 3.8) is 0 Å².